The molecule has 194 valence electrons. The minimum Gasteiger partial charge on any atom is -0.273 e. The van der Waals surface area contributed by atoms with Crippen LogP contribution in [0.2, 0.25) is 0 Å². The molecule has 0 aromatic heterocycles. The standard InChI is InChI=1S/C30H42N4O2/c1-29(2,3)25-17-13-23(14-18-25)21-31-33-27(35)11-9-7-8-10-12-28(36)34-32-22-24-15-19-26(20-16-24)30(4,5)6/h13-22H,7-12H2,1-6H3,(H,33,35)(H,34,36)/b31-21+,32-22+. The first-order valence-corrected chi connectivity index (χ1v) is 12.8. The van der Waals surface area contributed by atoms with Gasteiger partial charge in [0.05, 0.1) is 12.4 Å². The molecule has 2 aromatic carbocycles. The molecule has 0 bridgehead atoms. The van der Waals surface area contributed by atoms with Gasteiger partial charge in [-0.1, -0.05) is 103 Å². The summed E-state index contributed by atoms with van der Waals surface area (Å²) < 4.78 is 0. The Labute approximate surface area is 216 Å². The van der Waals surface area contributed by atoms with Crippen molar-refractivity contribution in [2.24, 2.45) is 10.2 Å². The van der Waals surface area contributed by atoms with Crippen molar-refractivity contribution in [3.8, 4) is 0 Å². The summed E-state index contributed by atoms with van der Waals surface area (Å²) in [4.78, 5) is 23.9. The first kappa shape index (κ1) is 29.0. The molecule has 0 aliphatic rings. The van der Waals surface area contributed by atoms with E-state index in [-0.39, 0.29) is 22.6 Å². The molecular weight excluding hydrogens is 448 g/mol. The van der Waals surface area contributed by atoms with Crippen LogP contribution in [0, 0.1) is 0 Å². The molecule has 2 N–H and O–H groups in total. The first-order chi connectivity index (χ1) is 16.9. The molecule has 6 nitrogen and oxygen atoms in total. The normalized spacial score (nSPS) is 12.3. The predicted octanol–water partition coefficient (Wildman–Crippen LogP) is 6.22. The molecule has 2 aromatic rings. The van der Waals surface area contributed by atoms with E-state index >= 15 is 0 Å². The number of carbonyl (C=O) groups excluding carboxylic acids is 2. The van der Waals surface area contributed by atoms with Gasteiger partial charge in [0.2, 0.25) is 11.8 Å². The Bertz CT molecular complexity index is 939. The fourth-order valence-corrected chi connectivity index (χ4v) is 3.53. The van der Waals surface area contributed by atoms with Crippen LogP contribution in [-0.4, -0.2) is 24.2 Å². The molecule has 0 radical (unpaired) electrons. The van der Waals surface area contributed by atoms with Gasteiger partial charge in [-0.2, -0.15) is 10.2 Å². The van der Waals surface area contributed by atoms with Gasteiger partial charge in [0.1, 0.15) is 0 Å². The zero-order valence-corrected chi connectivity index (χ0v) is 22.7. The van der Waals surface area contributed by atoms with Crippen LogP contribution in [0.25, 0.3) is 0 Å². The number of rotatable bonds is 11. The monoisotopic (exact) mass is 490 g/mol. The van der Waals surface area contributed by atoms with Crippen molar-refractivity contribution < 1.29 is 9.59 Å². The molecule has 0 unspecified atom stereocenters. The number of nitrogens with zero attached hydrogens (tertiary/aromatic N) is 2. The molecule has 0 atom stereocenters. The van der Waals surface area contributed by atoms with E-state index in [0.717, 1.165) is 36.8 Å². The lowest BCUT2D eigenvalue weighted by atomic mass is 9.87. The Morgan fingerprint density at radius 2 is 0.944 bits per heavy atom. The summed E-state index contributed by atoms with van der Waals surface area (Å²) in [5.41, 5.74) is 9.81. The molecule has 0 aliphatic carbocycles. The fourth-order valence-electron chi connectivity index (χ4n) is 3.53. The highest BCUT2D eigenvalue weighted by Gasteiger charge is 2.13. The van der Waals surface area contributed by atoms with Crippen molar-refractivity contribution in [1.29, 1.82) is 0 Å². The van der Waals surface area contributed by atoms with Crippen LogP contribution in [0.5, 0.6) is 0 Å². The lowest BCUT2D eigenvalue weighted by Gasteiger charge is -2.18. The van der Waals surface area contributed by atoms with Crippen LogP contribution < -0.4 is 10.9 Å². The van der Waals surface area contributed by atoms with Crippen molar-refractivity contribution in [2.45, 2.75) is 90.9 Å². The summed E-state index contributed by atoms with van der Waals surface area (Å²) in [7, 11) is 0. The molecule has 2 rings (SSSR count). The number of carbonyl (C=O) groups is 2. The summed E-state index contributed by atoms with van der Waals surface area (Å²) in [6.45, 7) is 13.1. The summed E-state index contributed by atoms with van der Waals surface area (Å²) in [6, 6.07) is 16.3. The van der Waals surface area contributed by atoms with E-state index in [1.54, 1.807) is 12.4 Å². The third-order valence-electron chi connectivity index (χ3n) is 5.92. The molecule has 0 saturated heterocycles. The lowest BCUT2D eigenvalue weighted by molar-refractivity contribution is -0.122. The number of benzene rings is 2. The molecule has 0 heterocycles. The van der Waals surface area contributed by atoms with E-state index in [9.17, 15) is 9.59 Å². The maximum absolute atomic E-state index is 12.0. The van der Waals surface area contributed by atoms with Gasteiger partial charge in [-0.25, -0.2) is 10.9 Å². The third-order valence-corrected chi connectivity index (χ3v) is 5.92. The Morgan fingerprint density at radius 3 is 1.25 bits per heavy atom. The molecule has 0 saturated carbocycles. The van der Waals surface area contributed by atoms with E-state index in [0.29, 0.717) is 12.8 Å². The number of nitrogens with one attached hydrogen (secondary N) is 2. The van der Waals surface area contributed by atoms with Gasteiger partial charge in [0.15, 0.2) is 0 Å². The van der Waals surface area contributed by atoms with Gasteiger partial charge in [-0.05, 0) is 45.9 Å². The summed E-state index contributed by atoms with van der Waals surface area (Å²) >= 11 is 0. The maximum Gasteiger partial charge on any atom is 0.240 e. The van der Waals surface area contributed by atoms with Gasteiger partial charge >= 0.3 is 0 Å². The van der Waals surface area contributed by atoms with Gasteiger partial charge in [0.25, 0.3) is 0 Å². The first-order valence-electron chi connectivity index (χ1n) is 12.8. The Balaban J connectivity index is 1.55. The van der Waals surface area contributed by atoms with Crippen molar-refractivity contribution >= 4 is 24.2 Å². The smallest absolute Gasteiger partial charge is 0.240 e. The van der Waals surface area contributed by atoms with Crippen LogP contribution >= 0.6 is 0 Å². The van der Waals surface area contributed by atoms with Crippen LogP contribution in [0.4, 0.5) is 0 Å². The molecule has 6 heteroatoms. The second-order valence-electron chi connectivity index (χ2n) is 11.2. The van der Waals surface area contributed by atoms with Crippen LogP contribution in [-0.2, 0) is 20.4 Å². The summed E-state index contributed by atoms with van der Waals surface area (Å²) in [5.74, 6) is -0.194. The molecule has 36 heavy (non-hydrogen) atoms. The number of unbranched alkanes of at least 4 members (excludes halogenated alkanes) is 3. The predicted molar refractivity (Wildman–Crippen MR) is 149 cm³/mol. The maximum atomic E-state index is 12.0. The van der Waals surface area contributed by atoms with Crippen molar-refractivity contribution in [3.05, 3.63) is 70.8 Å². The van der Waals surface area contributed by atoms with Crippen LogP contribution in [0.15, 0.2) is 58.7 Å². The molecule has 0 spiro atoms. The second kappa shape index (κ2) is 13.7. The number of hydrogen-bond donors (Lipinski definition) is 2. The highest BCUT2D eigenvalue weighted by atomic mass is 16.2. The van der Waals surface area contributed by atoms with Crippen LogP contribution in [0.1, 0.15) is 102 Å². The topological polar surface area (TPSA) is 82.9 Å². The van der Waals surface area contributed by atoms with Crippen molar-refractivity contribution in [1.82, 2.24) is 10.9 Å². The van der Waals surface area contributed by atoms with E-state index in [1.165, 1.54) is 11.1 Å². The number of hydrogen-bond acceptors (Lipinski definition) is 4. The largest absolute Gasteiger partial charge is 0.273 e. The van der Waals surface area contributed by atoms with Crippen molar-refractivity contribution in [3.63, 3.8) is 0 Å². The minimum atomic E-state index is -0.0971. The Morgan fingerprint density at radius 1 is 0.611 bits per heavy atom. The quantitative estimate of drug-likeness (QED) is 0.223. The summed E-state index contributed by atoms with van der Waals surface area (Å²) in [6.07, 6.45) is 7.48. The highest BCUT2D eigenvalue weighted by molar-refractivity contribution is 5.83. The Kier molecular flexibility index (Phi) is 11.0. The van der Waals surface area contributed by atoms with Crippen LogP contribution in [0.3, 0.4) is 0 Å². The molecular formula is C30H42N4O2. The van der Waals surface area contributed by atoms with E-state index in [4.69, 9.17) is 0 Å². The molecule has 0 fully saturated rings. The van der Waals surface area contributed by atoms with Gasteiger partial charge in [0, 0.05) is 12.8 Å². The van der Waals surface area contributed by atoms with Gasteiger partial charge < -0.3 is 0 Å². The number of amides is 2. The van der Waals surface area contributed by atoms with Gasteiger partial charge in [-0.3, -0.25) is 9.59 Å². The molecule has 0 aliphatic heterocycles. The average Bonchev–Trinajstić information content (AvgIpc) is 2.81. The average molecular weight is 491 g/mol. The SMILES string of the molecule is CC(C)(C)c1ccc(/C=N/NC(=O)CCCCCCC(=O)N/N=C/c2ccc(C(C)(C)C)cc2)cc1. The van der Waals surface area contributed by atoms with Gasteiger partial charge in [-0.15, -0.1) is 0 Å². The Hall–Kier alpha value is -3.28. The number of hydrazone groups is 2. The zero-order valence-electron chi connectivity index (χ0n) is 22.7. The zero-order chi connectivity index (χ0) is 26.6. The minimum absolute atomic E-state index is 0.0971. The molecule has 2 amide bonds. The second-order valence-corrected chi connectivity index (χ2v) is 11.2. The van der Waals surface area contributed by atoms with E-state index in [2.05, 4.69) is 86.9 Å². The third kappa shape index (κ3) is 11.0. The fraction of sp³-hybridized carbons (Fsp3) is 0.467. The van der Waals surface area contributed by atoms with E-state index < -0.39 is 0 Å². The van der Waals surface area contributed by atoms with Crippen molar-refractivity contribution in [2.75, 3.05) is 0 Å². The highest BCUT2D eigenvalue weighted by Crippen LogP contribution is 2.22. The summed E-state index contributed by atoms with van der Waals surface area (Å²) in [5, 5.41) is 8.09. The van der Waals surface area contributed by atoms with E-state index in [1.807, 2.05) is 24.3 Å². The lowest BCUT2D eigenvalue weighted by Crippen LogP contribution is -2.17.